The van der Waals surface area contributed by atoms with Crippen LogP contribution in [0.2, 0.25) is 0 Å². The molecule has 0 fully saturated rings. The first-order valence-electron chi connectivity index (χ1n) is 19.6. The quantitative estimate of drug-likeness (QED) is 0.0287. The molecule has 2 N–H and O–H groups in total. The molecule has 0 aromatic heterocycles. The molecule has 50 heavy (non-hydrogen) atoms. The van der Waals surface area contributed by atoms with Crippen LogP contribution >= 0.6 is 7.82 Å². The fourth-order valence-corrected chi connectivity index (χ4v) is 5.42. The third-order valence-electron chi connectivity index (χ3n) is 8.01. The van der Waals surface area contributed by atoms with E-state index in [-0.39, 0.29) is 19.4 Å². The molecule has 8 nitrogen and oxygen atoms in total. The molecule has 0 rings (SSSR count). The summed E-state index contributed by atoms with van der Waals surface area (Å²) in [5, 5.41) is 0. The molecule has 0 bridgehead atoms. The summed E-state index contributed by atoms with van der Waals surface area (Å²) in [6, 6.07) is 0. The minimum atomic E-state index is -4.77. The van der Waals surface area contributed by atoms with Crippen molar-refractivity contribution in [3.05, 3.63) is 60.8 Å². The third-order valence-corrected chi connectivity index (χ3v) is 8.49. The molecule has 0 saturated carbocycles. The van der Waals surface area contributed by atoms with Crippen LogP contribution < -0.4 is 0 Å². The van der Waals surface area contributed by atoms with Gasteiger partial charge in [-0.1, -0.05) is 139 Å². The minimum Gasteiger partial charge on any atom is -0.462 e. The van der Waals surface area contributed by atoms with Gasteiger partial charge in [0.05, 0.1) is 6.61 Å². The van der Waals surface area contributed by atoms with E-state index >= 15 is 0 Å². The Balaban J connectivity index is 4.11. The zero-order valence-corrected chi connectivity index (χ0v) is 32.4. The molecule has 0 spiro atoms. The zero-order chi connectivity index (χ0) is 36.8. The van der Waals surface area contributed by atoms with Crippen LogP contribution in [0, 0.1) is 0 Å². The summed E-state index contributed by atoms with van der Waals surface area (Å²) < 4.78 is 26.2. The number of hydrogen-bond donors (Lipinski definition) is 2. The van der Waals surface area contributed by atoms with Gasteiger partial charge in [-0.05, 0) is 77.0 Å². The predicted molar refractivity (Wildman–Crippen MR) is 207 cm³/mol. The van der Waals surface area contributed by atoms with Crippen molar-refractivity contribution < 1.29 is 37.9 Å². The second-order valence-corrected chi connectivity index (χ2v) is 14.1. The van der Waals surface area contributed by atoms with E-state index in [4.69, 9.17) is 19.3 Å². The summed E-state index contributed by atoms with van der Waals surface area (Å²) in [4.78, 5) is 42.7. The maximum atomic E-state index is 12.3. The zero-order valence-electron chi connectivity index (χ0n) is 31.5. The summed E-state index contributed by atoms with van der Waals surface area (Å²) in [6.45, 7) is 3.59. The molecule has 9 heteroatoms. The van der Waals surface area contributed by atoms with Crippen molar-refractivity contribution >= 4 is 19.8 Å². The van der Waals surface area contributed by atoms with Gasteiger partial charge in [0.2, 0.25) is 0 Å². The molecule has 0 unspecified atom stereocenters. The number of carbonyl (C=O) groups excluding carboxylic acids is 2. The summed E-state index contributed by atoms with van der Waals surface area (Å²) >= 11 is 0. The van der Waals surface area contributed by atoms with Crippen molar-refractivity contribution in [2.45, 2.75) is 174 Å². The number of allylic oxidation sites excluding steroid dienone is 10. The van der Waals surface area contributed by atoms with Crippen LogP contribution in [0.1, 0.15) is 168 Å². The first-order valence-corrected chi connectivity index (χ1v) is 21.1. The van der Waals surface area contributed by atoms with Gasteiger partial charge in [-0.25, -0.2) is 4.57 Å². The first kappa shape index (κ1) is 47.8. The molecule has 0 aromatic rings. The van der Waals surface area contributed by atoms with Gasteiger partial charge < -0.3 is 19.3 Å². The SMILES string of the molecule is CCCCCCCC/C=C/C/C=C/C/C=C/CCCC(=O)OC[C@H](COP(=O)(O)O)OC(=O)CCCC/C=C/C/C=C/CCCCCCCC. The molecule has 0 heterocycles. The van der Waals surface area contributed by atoms with Crippen molar-refractivity contribution in [1.82, 2.24) is 0 Å². The highest BCUT2D eigenvalue weighted by Gasteiger charge is 2.22. The Morgan fingerprint density at radius 3 is 1.40 bits per heavy atom. The Morgan fingerprint density at radius 2 is 0.920 bits per heavy atom. The fourth-order valence-electron chi connectivity index (χ4n) is 5.06. The summed E-state index contributed by atoms with van der Waals surface area (Å²) in [6.07, 6.45) is 45.2. The van der Waals surface area contributed by atoms with E-state index in [1.807, 2.05) is 6.08 Å². The van der Waals surface area contributed by atoms with E-state index in [0.717, 1.165) is 51.4 Å². The largest absolute Gasteiger partial charge is 0.469 e. The first-order chi connectivity index (χ1) is 24.3. The van der Waals surface area contributed by atoms with Gasteiger partial charge in [0.15, 0.2) is 6.10 Å². The molecular formula is C41H71O8P. The number of phosphoric ester groups is 1. The lowest BCUT2D eigenvalue weighted by Crippen LogP contribution is -2.29. The van der Waals surface area contributed by atoms with Gasteiger partial charge in [0.1, 0.15) is 6.61 Å². The Morgan fingerprint density at radius 1 is 0.520 bits per heavy atom. The Kier molecular flexibility index (Phi) is 34.9. The second kappa shape index (κ2) is 36.5. The Bertz CT molecular complexity index is 995. The molecule has 0 aliphatic rings. The van der Waals surface area contributed by atoms with E-state index in [2.05, 4.69) is 73.1 Å². The van der Waals surface area contributed by atoms with Crippen LogP contribution in [0.25, 0.3) is 0 Å². The van der Waals surface area contributed by atoms with Crippen LogP contribution in [-0.2, 0) is 28.2 Å². The number of unbranched alkanes of at least 4 members (excludes halogenated alkanes) is 15. The predicted octanol–water partition coefficient (Wildman–Crippen LogP) is 11.7. The van der Waals surface area contributed by atoms with Crippen molar-refractivity contribution in [3.8, 4) is 0 Å². The number of ether oxygens (including phenoxy) is 2. The van der Waals surface area contributed by atoms with Gasteiger partial charge in [0.25, 0.3) is 0 Å². The third kappa shape index (κ3) is 38.6. The molecule has 1 atom stereocenters. The van der Waals surface area contributed by atoms with E-state index in [0.29, 0.717) is 12.8 Å². The van der Waals surface area contributed by atoms with E-state index in [1.54, 1.807) is 0 Å². The summed E-state index contributed by atoms with van der Waals surface area (Å²) in [5.41, 5.74) is 0. The number of rotatable bonds is 35. The Hall–Kier alpha value is -2.25. The van der Waals surface area contributed by atoms with Crippen LogP contribution in [0.15, 0.2) is 60.8 Å². The number of carbonyl (C=O) groups is 2. The maximum Gasteiger partial charge on any atom is 0.469 e. The Labute approximate surface area is 305 Å². The topological polar surface area (TPSA) is 119 Å². The van der Waals surface area contributed by atoms with Crippen molar-refractivity contribution in [3.63, 3.8) is 0 Å². The molecule has 288 valence electrons. The van der Waals surface area contributed by atoms with Crippen LogP contribution in [0.4, 0.5) is 0 Å². The monoisotopic (exact) mass is 722 g/mol. The van der Waals surface area contributed by atoms with Crippen molar-refractivity contribution in [2.75, 3.05) is 13.2 Å². The molecule has 0 aliphatic carbocycles. The minimum absolute atomic E-state index is 0.157. The highest BCUT2D eigenvalue weighted by molar-refractivity contribution is 7.46. The lowest BCUT2D eigenvalue weighted by Gasteiger charge is -2.18. The van der Waals surface area contributed by atoms with Gasteiger partial charge in [-0.2, -0.15) is 0 Å². The standard InChI is InChI=1S/C41H71O8P/c1-3-5-7-9-11-13-15-17-19-20-22-23-25-27-29-31-33-35-40(42)47-37-39(38-48-50(44,45)46)49-41(43)36-34-32-30-28-26-24-21-18-16-14-12-10-8-6-4-2/h17-19,21-23,26-29,39H,3-16,20,24-25,30-38H2,1-2H3,(H2,44,45,46)/b19-17+,21-18+,23-22+,28-26+,29-27+/t39-/m1/s1. The molecule has 0 radical (unpaired) electrons. The van der Waals surface area contributed by atoms with Crippen LogP contribution in [0.5, 0.6) is 0 Å². The highest BCUT2D eigenvalue weighted by atomic mass is 31.2. The number of hydrogen-bond acceptors (Lipinski definition) is 6. The summed E-state index contributed by atoms with van der Waals surface area (Å²) in [7, 11) is -4.77. The molecule has 0 aliphatic heterocycles. The molecular weight excluding hydrogens is 651 g/mol. The van der Waals surface area contributed by atoms with E-state index in [9.17, 15) is 14.2 Å². The van der Waals surface area contributed by atoms with E-state index in [1.165, 1.54) is 77.0 Å². The van der Waals surface area contributed by atoms with Crippen LogP contribution in [-0.4, -0.2) is 41.0 Å². The van der Waals surface area contributed by atoms with Crippen LogP contribution in [0.3, 0.4) is 0 Å². The average molecular weight is 723 g/mol. The fraction of sp³-hybridized carbons (Fsp3) is 0.707. The lowest BCUT2D eigenvalue weighted by atomic mass is 10.1. The van der Waals surface area contributed by atoms with Gasteiger partial charge in [-0.3, -0.25) is 14.1 Å². The number of phosphoric acid groups is 1. The highest BCUT2D eigenvalue weighted by Crippen LogP contribution is 2.36. The normalized spacial score (nSPS) is 13.1. The number of esters is 2. The van der Waals surface area contributed by atoms with E-state index < -0.39 is 32.5 Å². The van der Waals surface area contributed by atoms with Gasteiger partial charge >= 0.3 is 19.8 Å². The second-order valence-electron chi connectivity index (χ2n) is 12.9. The van der Waals surface area contributed by atoms with Gasteiger partial charge in [-0.15, -0.1) is 0 Å². The lowest BCUT2D eigenvalue weighted by molar-refractivity contribution is -0.161. The van der Waals surface area contributed by atoms with Crippen molar-refractivity contribution in [1.29, 1.82) is 0 Å². The van der Waals surface area contributed by atoms with Crippen molar-refractivity contribution in [2.24, 2.45) is 0 Å². The average Bonchev–Trinajstić information content (AvgIpc) is 3.08. The molecule has 0 aromatic carbocycles. The smallest absolute Gasteiger partial charge is 0.462 e. The molecule has 0 amide bonds. The van der Waals surface area contributed by atoms with Gasteiger partial charge in [0, 0.05) is 12.8 Å². The molecule has 0 saturated heterocycles. The summed E-state index contributed by atoms with van der Waals surface area (Å²) in [5.74, 6) is -0.988. The maximum absolute atomic E-state index is 12.3.